The van der Waals surface area contributed by atoms with Gasteiger partial charge in [0.2, 0.25) is 0 Å². The normalized spacial score (nSPS) is 20.0. The Morgan fingerprint density at radius 3 is 3.12 bits per heavy atom. The van der Waals surface area contributed by atoms with E-state index in [2.05, 4.69) is 45.1 Å². The molecule has 17 heavy (non-hydrogen) atoms. The number of anilines is 1. The molecule has 0 aromatic carbocycles. The summed E-state index contributed by atoms with van der Waals surface area (Å²) < 4.78 is 2.07. The second-order valence-electron chi connectivity index (χ2n) is 4.75. The Morgan fingerprint density at radius 1 is 1.47 bits per heavy atom. The summed E-state index contributed by atoms with van der Waals surface area (Å²) in [6.45, 7) is 2.20. The van der Waals surface area contributed by atoms with Gasteiger partial charge in [0, 0.05) is 50.1 Å². The number of nitrogens with zero attached hydrogens (tertiary/aromatic N) is 3. The van der Waals surface area contributed by atoms with Gasteiger partial charge in [-0.25, -0.2) is 4.98 Å². The number of hydrogen-bond donors (Lipinski definition) is 1. The Labute approximate surface area is 101 Å². The molecule has 1 atom stereocenters. The Bertz CT molecular complexity index is 525. The van der Waals surface area contributed by atoms with Crippen LogP contribution in [0.25, 0.3) is 11.0 Å². The van der Waals surface area contributed by atoms with Crippen LogP contribution >= 0.6 is 0 Å². The van der Waals surface area contributed by atoms with Gasteiger partial charge in [0.15, 0.2) is 0 Å². The fourth-order valence-electron chi connectivity index (χ4n) is 2.62. The molecule has 2 aromatic heterocycles. The topological polar surface area (TPSA) is 33.1 Å². The van der Waals surface area contributed by atoms with E-state index in [1.807, 2.05) is 13.2 Å². The summed E-state index contributed by atoms with van der Waals surface area (Å²) in [7, 11) is 4.22. The molecule has 90 valence electrons. The summed E-state index contributed by atoms with van der Waals surface area (Å²) in [6, 6.07) is 4.86. The average molecular weight is 230 g/mol. The minimum Gasteiger partial charge on any atom is -0.370 e. The lowest BCUT2D eigenvalue weighted by Crippen LogP contribution is -2.33. The fraction of sp³-hybridized carbons (Fsp3) is 0.462. The van der Waals surface area contributed by atoms with Crippen LogP contribution in [0.4, 0.5) is 5.69 Å². The predicted octanol–water partition coefficient (Wildman–Crippen LogP) is 1.37. The third kappa shape index (κ3) is 1.69. The van der Waals surface area contributed by atoms with Crippen LogP contribution in [0.5, 0.6) is 0 Å². The van der Waals surface area contributed by atoms with Crippen molar-refractivity contribution in [2.75, 3.05) is 25.0 Å². The summed E-state index contributed by atoms with van der Waals surface area (Å²) in [4.78, 5) is 6.81. The van der Waals surface area contributed by atoms with E-state index in [0.29, 0.717) is 6.04 Å². The molecule has 2 aromatic rings. The van der Waals surface area contributed by atoms with Crippen LogP contribution in [-0.4, -0.2) is 35.7 Å². The monoisotopic (exact) mass is 230 g/mol. The molecule has 3 heterocycles. The third-order valence-electron chi connectivity index (χ3n) is 3.71. The van der Waals surface area contributed by atoms with Crippen LogP contribution in [0.3, 0.4) is 0 Å². The molecule has 1 N–H and O–H groups in total. The van der Waals surface area contributed by atoms with Crippen molar-refractivity contribution in [3.8, 4) is 0 Å². The average Bonchev–Trinajstić information content (AvgIpc) is 2.98. The van der Waals surface area contributed by atoms with E-state index in [1.165, 1.54) is 17.5 Å². The van der Waals surface area contributed by atoms with Crippen LogP contribution in [0.1, 0.15) is 6.42 Å². The highest BCUT2D eigenvalue weighted by atomic mass is 15.2. The van der Waals surface area contributed by atoms with Gasteiger partial charge in [0.25, 0.3) is 0 Å². The molecule has 0 spiro atoms. The Hall–Kier alpha value is -1.55. The number of rotatable bonds is 2. The highest BCUT2D eigenvalue weighted by Crippen LogP contribution is 2.27. The number of nitrogens with one attached hydrogen (secondary N) is 1. The number of likely N-dealkylation sites (N-methyl/N-ethyl adjacent to an activating group) is 1. The Kier molecular flexibility index (Phi) is 2.52. The number of aryl methyl sites for hydroxylation is 1. The van der Waals surface area contributed by atoms with Gasteiger partial charge in [0.05, 0.1) is 0 Å². The van der Waals surface area contributed by atoms with E-state index in [0.717, 1.165) is 18.7 Å². The second-order valence-corrected chi connectivity index (χ2v) is 4.75. The van der Waals surface area contributed by atoms with Crippen molar-refractivity contribution in [3.05, 3.63) is 24.5 Å². The summed E-state index contributed by atoms with van der Waals surface area (Å²) in [5.74, 6) is 0. The highest BCUT2D eigenvalue weighted by Gasteiger charge is 2.21. The maximum atomic E-state index is 4.43. The van der Waals surface area contributed by atoms with E-state index in [4.69, 9.17) is 0 Å². The predicted molar refractivity (Wildman–Crippen MR) is 70.4 cm³/mol. The van der Waals surface area contributed by atoms with Gasteiger partial charge in [-0.3, -0.25) is 0 Å². The molecule has 1 aliphatic rings. The molecule has 0 amide bonds. The van der Waals surface area contributed by atoms with Crippen LogP contribution < -0.4 is 10.2 Å². The quantitative estimate of drug-likeness (QED) is 0.846. The fourth-order valence-corrected chi connectivity index (χ4v) is 2.62. The zero-order chi connectivity index (χ0) is 11.8. The lowest BCUT2D eigenvalue weighted by molar-refractivity contribution is 0.687. The molecule has 1 saturated heterocycles. The standard InChI is InChI=1S/C13H18N4/c1-16-8-5-11-12(4-7-15-13(11)16)17(2)10-3-6-14-9-10/h4-5,7-8,10,14H,3,6,9H2,1-2H3. The van der Waals surface area contributed by atoms with E-state index in [9.17, 15) is 0 Å². The van der Waals surface area contributed by atoms with Gasteiger partial charge < -0.3 is 14.8 Å². The van der Waals surface area contributed by atoms with Crippen LogP contribution in [0.2, 0.25) is 0 Å². The van der Waals surface area contributed by atoms with Gasteiger partial charge in [0.1, 0.15) is 5.65 Å². The van der Waals surface area contributed by atoms with Gasteiger partial charge in [-0.15, -0.1) is 0 Å². The van der Waals surface area contributed by atoms with Crippen molar-refractivity contribution in [2.24, 2.45) is 7.05 Å². The third-order valence-corrected chi connectivity index (χ3v) is 3.71. The molecule has 3 rings (SSSR count). The zero-order valence-corrected chi connectivity index (χ0v) is 10.3. The summed E-state index contributed by atoms with van der Waals surface area (Å²) >= 11 is 0. The smallest absolute Gasteiger partial charge is 0.141 e. The number of pyridine rings is 1. The molecule has 4 nitrogen and oxygen atoms in total. The van der Waals surface area contributed by atoms with Crippen LogP contribution in [0.15, 0.2) is 24.5 Å². The van der Waals surface area contributed by atoms with E-state index in [-0.39, 0.29) is 0 Å². The summed E-state index contributed by atoms with van der Waals surface area (Å²) in [6.07, 6.45) is 5.19. The second kappa shape index (κ2) is 4.04. The van der Waals surface area contributed by atoms with Crippen molar-refractivity contribution in [2.45, 2.75) is 12.5 Å². The molecule has 4 heteroatoms. The largest absolute Gasteiger partial charge is 0.370 e. The van der Waals surface area contributed by atoms with Crippen LogP contribution in [0, 0.1) is 0 Å². The minimum absolute atomic E-state index is 0.598. The van der Waals surface area contributed by atoms with Crippen molar-refractivity contribution in [3.63, 3.8) is 0 Å². The lowest BCUT2D eigenvalue weighted by atomic mass is 10.2. The lowest BCUT2D eigenvalue weighted by Gasteiger charge is -2.26. The molecule has 0 saturated carbocycles. The maximum absolute atomic E-state index is 4.43. The molecular formula is C13H18N4. The van der Waals surface area contributed by atoms with Gasteiger partial charge >= 0.3 is 0 Å². The van der Waals surface area contributed by atoms with E-state index in [1.54, 1.807) is 0 Å². The molecule has 0 aliphatic carbocycles. The summed E-state index contributed by atoms with van der Waals surface area (Å²) in [5, 5.41) is 4.65. The van der Waals surface area contributed by atoms with Crippen LogP contribution in [-0.2, 0) is 7.05 Å². The van der Waals surface area contributed by atoms with Gasteiger partial charge in [-0.05, 0) is 25.1 Å². The number of hydrogen-bond acceptors (Lipinski definition) is 3. The first-order chi connectivity index (χ1) is 8.27. The number of fused-ring (bicyclic) bond motifs is 1. The Morgan fingerprint density at radius 2 is 2.35 bits per heavy atom. The first-order valence-electron chi connectivity index (χ1n) is 6.11. The maximum Gasteiger partial charge on any atom is 0.141 e. The zero-order valence-electron chi connectivity index (χ0n) is 10.3. The Balaban J connectivity index is 2.04. The molecule has 0 bridgehead atoms. The van der Waals surface area contributed by atoms with Crippen molar-refractivity contribution in [1.82, 2.24) is 14.9 Å². The molecule has 1 fully saturated rings. The first kappa shape index (κ1) is 10.6. The van der Waals surface area contributed by atoms with E-state index >= 15 is 0 Å². The van der Waals surface area contributed by atoms with Gasteiger partial charge in [-0.2, -0.15) is 0 Å². The number of aromatic nitrogens is 2. The first-order valence-corrected chi connectivity index (χ1v) is 6.11. The summed E-state index contributed by atoms with van der Waals surface area (Å²) in [5.41, 5.74) is 2.34. The molecular weight excluding hydrogens is 212 g/mol. The molecule has 1 aliphatic heterocycles. The van der Waals surface area contributed by atoms with E-state index < -0.39 is 0 Å². The highest BCUT2D eigenvalue weighted by molar-refractivity contribution is 5.90. The van der Waals surface area contributed by atoms with Gasteiger partial charge in [-0.1, -0.05) is 0 Å². The molecule has 1 unspecified atom stereocenters. The SMILES string of the molecule is CN(c1ccnc2c1ccn2C)C1CCNC1. The minimum atomic E-state index is 0.598. The molecule has 0 radical (unpaired) electrons. The van der Waals surface area contributed by atoms with Crippen molar-refractivity contribution < 1.29 is 0 Å². The van der Waals surface area contributed by atoms with Crippen molar-refractivity contribution >= 4 is 16.7 Å². The van der Waals surface area contributed by atoms with Crippen molar-refractivity contribution in [1.29, 1.82) is 0 Å².